The summed E-state index contributed by atoms with van der Waals surface area (Å²) in [5.74, 6) is 0.0346. The number of nitrogens with one attached hydrogen (secondary N) is 1. The van der Waals surface area contributed by atoms with Gasteiger partial charge in [-0.15, -0.1) is 0 Å². The van der Waals surface area contributed by atoms with E-state index < -0.39 is 0 Å². The van der Waals surface area contributed by atoms with Crippen molar-refractivity contribution in [1.82, 2.24) is 4.90 Å². The van der Waals surface area contributed by atoms with Crippen molar-refractivity contribution >= 4 is 28.9 Å². The van der Waals surface area contributed by atoms with E-state index in [0.717, 1.165) is 42.6 Å². The van der Waals surface area contributed by atoms with Crippen molar-refractivity contribution in [1.29, 1.82) is 0 Å². The number of para-hydroxylation sites is 2. The van der Waals surface area contributed by atoms with Crippen LogP contribution in [0.5, 0.6) is 0 Å². The quantitative estimate of drug-likeness (QED) is 0.923. The summed E-state index contributed by atoms with van der Waals surface area (Å²) < 4.78 is 0. The van der Waals surface area contributed by atoms with Crippen LogP contribution >= 0.6 is 11.6 Å². The maximum absolute atomic E-state index is 12.4. The summed E-state index contributed by atoms with van der Waals surface area (Å²) in [5, 5.41) is 3.75. The number of anilines is 2. The van der Waals surface area contributed by atoms with Crippen LogP contribution in [0.3, 0.4) is 0 Å². The summed E-state index contributed by atoms with van der Waals surface area (Å²) in [4.78, 5) is 16.9. The normalized spacial score (nSPS) is 16.7. The maximum Gasteiger partial charge on any atom is 0.241 e. The average Bonchev–Trinajstić information content (AvgIpc) is 2.62. The molecule has 1 amide bonds. The first-order chi connectivity index (χ1) is 11.6. The van der Waals surface area contributed by atoms with Crippen LogP contribution in [0.25, 0.3) is 0 Å². The molecule has 1 aliphatic heterocycles. The molecule has 1 heterocycles. The molecule has 126 valence electrons. The zero-order chi connectivity index (χ0) is 16.9. The van der Waals surface area contributed by atoms with Crippen LogP contribution in [0.15, 0.2) is 54.6 Å². The predicted octanol–water partition coefficient (Wildman–Crippen LogP) is 3.49. The van der Waals surface area contributed by atoms with Gasteiger partial charge in [0.2, 0.25) is 5.91 Å². The maximum atomic E-state index is 12.4. The van der Waals surface area contributed by atoms with Gasteiger partial charge in [0.05, 0.1) is 16.8 Å². The van der Waals surface area contributed by atoms with Gasteiger partial charge in [0, 0.05) is 31.9 Å². The third kappa shape index (κ3) is 3.89. The minimum absolute atomic E-state index is 0.0346. The SMILES string of the molecule is C[C@H](C(=O)Nc1ccccc1)N1CCN(c2ccccc2Cl)CC1. The summed E-state index contributed by atoms with van der Waals surface area (Å²) in [6, 6.07) is 17.3. The Hall–Kier alpha value is -2.04. The number of hydrogen-bond acceptors (Lipinski definition) is 3. The number of benzene rings is 2. The Morgan fingerprint density at radius 3 is 2.29 bits per heavy atom. The molecule has 1 aliphatic rings. The second kappa shape index (κ2) is 7.69. The first-order valence-corrected chi connectivity index (χ1v) is 8.62. The van der Waals surface area contributed by atoms with Crippen molar-refractivity contribution in [3.05, 3.63) is 59.6 Å². The standard InChI is InChI=1S/C19H22ClN3O/c1-15(19(24)21-16-7-3-2-4-8-16)22-11-13-23(14-12-22)18-10-6-5-9-17(18)20/h2-10,15H,11-14H2,1H3,(H,21,24)/t15-/m1/s1. The number of nitrogens with zero attached hydrogens (tertiary/aromatic N) is 2. The Labute approximate surface area is 148 Å². The number of piperazine rings is 1. The van der Waals surface area contributed by atoms with E-state index >= 15 is 0 Å². The highest BCUT2D eigenvalue weighted by molar-refractivity contribution is 6.33. The average molecular weight is 344 g/mol. The first-order valence-electron chi connectivity index (χ1n) is 8.24. The molecule has 0 unspecified atom stereocenters. The monoisotopic (exact) mass is 343 g/mol. The van der Waals surface area contributed by atoms with Crippen molar-refractivity contribution in [2.24, 2.45) is 0 Å². The largest absolute Gasteiger partial charge is 0.368 e. The van der Waals surface area contributed by atoms with Crippen LogP contribution in [-0.2, 0) is 4.79 Å². The number of rotatable bonds is 4. The van der Waals surface area contributed by atoms with Gasteiger partial charge in [0.25, 0.3) is 0 Å². The summed E-state index contributed by atoms with van der Waals surface area (Å²) in [6.07, 6.45) is 0. The Morgan fingerprint density at radius 1 is 1.00 bits per heavy atom. The first kappa shape index (κ1) is 16.8. The van der Waals surface area contributed by atoms with Gasteiger partial charge in [-0.2, -0.15) is 0 Å². The van der Waals surface area contributed by atoms with Crippen LogP contribution in [0, 0.1) is 0 Å². The van der Waals surface area contributed by atoms with E-state index in [1.807, 2.05) is 61.5 Å². The molecular weight excluding hydrogens is 322 g/mol. The highest BCUT2D eigenvalue weighted by Crippen LogP contribution is 2.26. The van der Waals surface area contributed by atoms with Crippen LogP contribution in [0.1, 0.15) is 6.92 Å². The van der Waals surface area contributed by atoms with Crippen LogP contribution < -0.4 is 10.2 Å². The molecule has 0 bridgehead atoms. The molecule has 0 radical (unpaired) electrons. The summed E-state index contributed by atoms with van der Waals surface area (Å²) in [5.41, 5.74) is 1.91. The van der Waals surface area contributed by atoms with E-state index in [4.69, 9.17) is 11.6 Å². The van der Waals surface area contributed by atoms with Crippen molar-refractivity contribution in [3.8, 4) is 0 Å². The second-order valence-electron chi connectivity index (χ2n) is 6.01. The number of carbonyl (C=O) groups excluding carboxylic acids is 1. The van der Waals surface area contributed by atoms with Gasteiger partial charge in [0.1, 0.15) is 0 Å². The lowest BCUT2D eigenvalue weighted by atomic mass is 10.2. The van der Waals surface area contributed by atoms with Gasteiger partial charge in [-0.05, 0) is 31.2 Å². The van der Waals surface area contributed by atoms with E-state index in [1.54, 1.807) is 0 Å². The molecule has 3 rings (SSSR count). The molecule has 0 spiro atoms. The number of carbonyl (C=O) groups is 1. The molecule has 1 saturated heterocycles. The Kier molecular flexibility index (Phi) is 5.38. The zero-order valence-electron chi connectivity index (χ0n) is 13.8. The van der Waals surface area contributed by atoms with Gasteiger partial charge in [-0.25, -0.2) is 0 Å². The fourth-order valence-corrected chi connectivity index (χ4v) is 3.25. The molecule has 24 heavy (non-hydrogen) atoms. The van der Waals surface area contributed by atoms with Gasteiger partial charge >= 0.3 is 0 Å². The number of amides is 1. The van der Waals surface area contributed by atoms with Crippen LogP contribution in [0.2, 0.25) is 5.02 Å². The van der Waals surface area contributed by atoms with Crippen molar-refractivity contribution in [3.63, 3.8) is 0 Å². The lowest BCUT2D eigenvalue weighted by molar-refractivity contribution is -0.120. The van der Waals surface area contributed by atoms with Crippen molar-refractivity contribution < 1.29 is 4.79 Å². The van der Waals surface area contributed by atoms with Crippen LogP contribution in [0.4, 0.5) is 11.4 Å². The third-order valence-electron chi connectivity index (χ3n) is 4.48. The van der Waals surface area contributed by atoms with E-state index in [0.29, 0.717) is 0 Å². The Morgan fingerprint density at radius 2 is 1.62 bits per heavy atom. The molecule has 5 heteroatoms. The molecule has 0 aliphatic carbocycles. The van der Waals surface area contributed by atoms with E-state index in [-0.39, 0.29) is 11.9 Å². The van der Waals surface area contributed by atoms with Crippen LogP contribution in [-0.4, -0.2) is 43.0 Å². The van der Waals surface area contributed by atoms with Gasteiger partial charge in [0.15, 0.2) is 0 Å². The van der Waals surface area contributed by atoms with E-state index in [1.165, 1.54) is 0 Å². The predicted molar refractivity (Wildman–Crippen MR) is 99.8 cm³/mol. The Balaban J connectivity index is 1.56. The molecule has 1 fully saturated rings. The van der Waals surface area contributed by atoms with Crippen molar-refractivity contribution in [2.75, 3.05) is 36.4 Å². The van der Waals surface area contributed by atoms with Gasteiger partial charge in [-0.3, -0.25) is 9.69 Å². The molecule has 1 N–H and O–H groups in total. The zero-order valence-corrected chi connectivity index (χ0v) is 14.5. The van der Waals surface area contributed by atoms with E-state index in [2.05, 4.69) is 15.1 Å². The molecule has 0 saturated carbocycles. The smallest absolute Gasteiger partial charge is 0.241 e. The lowest BCUT2D eigenvalue weighted by Gasteiger charge is -2.38. The molecule has 2 aromatic carbocycles. The van der Waals surface area contributed by atoms with Crippen molar-refractivity contribution in [2.45, 2.75) is 13.0 Å². The fraction of sp³-hybridized carbons (Fsp3) is 0.316. The van der Waals surface area contributed by atoms with Gasteiger partial charge in [-0.1, -0.05) is 41.9 Å². The second-order valence-corrected chi connectivity index (χ2v) is 6.41. The topological polar surface area (TPSA) is 35.6 Å². The minimum Gasteiger partial charge on any atom is -0.368 e. The highest BCUT2D eigenvalue weighted by atomic mass is 35.5. The summed E-state index contributed by atoms with van der Waals surface area (Å²) >= 11 is 6.28. The highest BCUT2D eigenvalue weighted by Gasteiger charge is 2.26. The molecule has 4 nitrogen and oxygen atoms in total. The molecule has 0 aromatic heterocycles. The van der Waals surface area contributed by atoms with E-state index in [9.17, 15) is 4.79 Å². The molecular formula is C19H22ClN3O. The minimum atomic E-state index is -0.154. The molecule has 2 aromatic rings. The lowest BCUT2D eigenvalue weighted by Crippen LogP contribution is -2.52. The Bertz CT molecular complexity index is 684. The van der Waals surface area contributed by atoms with Gasteiger partial charge < -0.3 is 10.2 Å². The third-order valence-corrected chi connectivity index (χ3v) is 4.80. The summed E-state index contributed by atoms with van der Waals surface area (Å²) in [6.45, 7) is 5.38. The number of hydrogen-bond donors (Lipinski definition) is 1. The summed E-state index contributed by atoms with van der Waals surface area (Å²) in [7, 11) is 0. The number of halogens is 1. The molecule has 1 atom stereocenters. The fourth-order valence-electron chi connectivity index (χ4n) is 2.99.